The predicted molar refractivity (Wildman–Crippen MR) is 124 cm³/mol. The van der Waals surface area contributed by atoms with Crippen LogP contribution in [0.25, 0.3) is 11.4 Å². The van der Waals surface area contributed by atoms with Crippen molar-refractivity contribution < 1.29 is 14.3 Å². The van der Waals surface area contributed by atoms with Crippen LogP contribution in [0.1, 0.15) is 48.9 Å². The minimum absolute atomic E-state index is 0.299. The van der Waals surface area contributed by atoms with Crippen molar-refractivity contribution in [2.24, 2.45) is 0 Å². The maximum absolute atomic E-state index is 12.3. The summed E-state index contributed by atoms with van der Waals surface area (Å²) in [5.74, 6) is 1.39. The highest BCUT2D eigenvalue weighted by molar-refractivity contribution is 5.90. The number of hydrogen-bond acceptors (Lipinski definition) is 7. The molecule has 2 N–H and O–H groups in total. The molecule has 3 rings (SSSR count). The molecule has 0 aliphatic rings. The monoisotopic (exact) mass is 435 g/mol. The topological polar surface area (TPSA) is 102 Å². The highest BCUT2D eigenvalue weighted by atomic mass is 16.5. The van der Waals surface area contributed by atoms with E-state index in [4.69, 9.17) is 9.47 Å². The van der Waals surface area contributed by atoms with E-state index in [1.54, 1.807) is 14.0 Å². The number of aromatic amines is 1. The first-order valence-electron chi connectivity index (χ1n) is 10.5. The summed E-state index contributed by atoms with van der Waals surface area (Å²) in [4.78, 5) is 28.9. The molecule has 8 heteroatoms. The average Bonchev–Trinajstić information content (AvgIpc) is 3.19. The largest absolute Gasteiger partial charge is 0.496 e. The first-order chi connectivity index (χ1) is 15.4. The van der Waals surface area contributed by atoms with Gasteiger partial charge in [0.15, 0.2) is 0 Å². The van der Waals surface area contributed by atoms with Crippen molar-refractivity contribution in [2.75, 3.05) is 19.0 Å². The van der Waals surface area contributed by atoms with Crippen LogP contribution >= 0.6 is 0 Å². The Morgan fingerprint density at radius 3 is 2.72 bits per heavy atom. The number of nitrogens with one attached hydrogen (secondary N) is 2. The lowest BCUT2D eigenvalue weighted by Crippen LogP contribution is -2.12. The summed E-state index contributed by atoms with van der Waals surface area (Å²) in [6.45, 7) is 8.09. The number of rotatable bonds is 9. The van der Waals surface area contributed by atoms with Crippen LogP contribution in [0.4, 0.5) is 11.6 Å². The summed E-state index contributed by atoms with van der Waals surface area (Å²) >= 11 is 0. The summed E-state index contributed by atoms with van der Waals surface area (Å²) < 4.78 is 10.7. The zero-order chi connectivity index (χ0) is 23.1. The number of ether oxygens (including phenoxy) is 2. The highest BCUT2D eigenvalue weighted by Gasteiger charge is 2.16. The molecular formula is C24H29N5O3. The van der Waals surface area contributed by atoms with Gasteiger partial charge in [-0.15, -0.1) is 0 Å². The number of anilines is 2. The number of aryl methyl sites for hydroxylation is 2. The Kier molecular flexibility index (Phi) is 7.59. The Balaban J connectivity index is 1.87. The van der Waals surface area contributed by atoms with E-state index < -0.39 is 5.97 Å². The van der Waals surface area contributed by atoms with Gasteiger partial charge in [-0.1, -0.05) is 11.6 Å². The van der Waals surface area contributed by atoms with Gasteiger partial charge >= 0.3 is 5.97 Å². The van der Waals surface area contributed by atoms with Crippen molar-refractivity contribution in [3.8, 4) is 17.1 Å². The lowest BCUT2D eigenvalue weighted by atomic mass is 10.1. The first kappa shape index (κ1) is 23.0. The number of carbonyl (C=O) groups is 1. The fourth-order valence-corrected chi connectivity index (χ4v) is 3.19. The zero-order valence-electron chi connectivity index (χ0n) is 19.2. The van der Waals surface area contributed by atoms with Crippen LogP contribution in [0, 0.1) is 6.92 Å². The Labute approximate surface area is 188 Å². The fourth-order valence-electron chi connectivity index (χ4n) is 3.19. The molecule has 0 saturated carbocycles. The van der Waals surface area contributed by atoms with E-state index in [0.29, 0.717) is 36.0 Å². The molecule has 0 aliphatic heterocycles. The number of methoxy groups -OCH3 is 1. The van der Waals surface area contributed by atoms with Gasteiger partial charge in [0.1, 0.15) is 11.6 Å². The molecule has 0 saturated heterocycles. The van der Waals surface area contributed by atoms with Gasteiger partial charge in [-0.05, 0) is 52.7 Å². The van der Waals surface area contributed by atoms with Crippen LogP contribution in [0.3, 0.4) is 0 Å². The maximum Gasteiger partial charge on any atom is 0.341 e. The quantitative estimate of drug-likeness (QED) is 0.360. The van der Waals surface area contributed by atoms with Gasteiger partial charge in [0.25, 0.3) is 0 Å². The molecule has 0 fully saturated rings. The Bertz CT molecular complexity index is 1120. The Morgan fingerprint density at radius 2 is 2.06 bits per heavy atom. The lowest BCUT2D eigenvalue weighted by Gasteiger charge is -2.12. The van der Waals surface area contributed by atoms with Crippen LogP contribution < -0.4 is 10.1 Å². The summed E-state index contributed by atoms with van der Waals surface area (Å²) in [7, 11) is 1.62. The van der Waals surface area contributed by atoms with Crippen LogP contribution in [0.2, 0.25) is 0 Å². The van der Waals surface area contributed by atoms with E-state index >= 15 is 0 Å². The molecule has 1 aromatic carbocycles. The molecule has 168 valence electrons. The molecule has 3 aromatic rings. The number of H-pyrrole nitrogens is 1. The molecular weight excluding hydrogens is 406 g/mol. The third-order valence-corrected chi connectivity index (χ3v) is 4.72. The smallest absolute Gasteiger partial charge is 0.341 e. The van der Waals surface area contributed by atoms with Gasteiger partial charge in [-0.2, -0.15) is 0 Å². The second-order valence-electron chi connectivity index (χ2n) is 7.53. The average molecular weight is 436 g/mol. The summed E-state index contributed by atoms with van der Waals surface area (Å²) in [5, 5.41) is 3.20. The van der Waals surface area contributed by atoms with Gasteiger partial charge in [-0.25, -0.2) is 19.7 Å². The summed E-state index contributed by atoms with van der Waals surface area (Å²) in [5.41, 5.74) is 4.77. The lowest BCUT2D eigenvalue weighted by molar-refractivity contribution is 0.0524. The molecule has 0 spiro atoms. The number of nitrogens with zero attached hydrogens (tertiary/aromatic N) is 3. The number of benzene rings is 1. The van der Waals surface area contributed by atoms with Gasteiger partial charge in [0.05, 0.1) is 36.2 Å². The predicted octanol–water partition coefficient (Wildman–Crippen LogP) is 5.00. The maximum atomic E-state index is 12.3. The van der Waals surface area contributed by atoms with Crippen molar-refractivity contribution >= 4 is 17.6 Å². The number of carbonyl (C=O) groups excluding carboxylic acids is 1. The van der Waals surface area contributed by atoms with Gasteiger partial charge in [-0.3, -0.25) is 0 Å². The molecule has 32 heavy (non-hydrogen) atoms. The van der Waals surface area contributed by atoms with E-state index in [-0.39, 0.29) is 0 Å². The molecule has 0 unspecified atom stereocenters. The number of allylic oxidation sites excluding steroid dienone is 2. The molecule has 2 heterocycles. The second kappa shape index (κ2) is 10.6. The van der Waals surface area contributed by atoms with Crippen molar-refractivity contribution in [1.29, 1.82) is 0 Å². The van der Waals surface area contributed by atoms with E-state index in [1.807, 2.05) is 45.2 Å². The fraction of sp³-hybridized carbons (Fsp3) is 0.333. The first-order valence-corrected chi connectivity index (χ1v) is 10.5. The minimum Gasteiger partial charge on any atom is -0.496 e. The molecule has 0 bridgehead atoms. The Hall–Kier alpha value is -3.68. The van der Waals surface area contributed by atoms with E-state index in [9.17, 15) is 4.79 Å². The third-order valence-electron chi connectivity index (χ3n) is 4.72. The summed E-state index contributed by atoms with van der Waals surface area (Å²) in [6, 6.07) is 5.68. The molecule has 8 nitrogen and oxygen atoms in total. The highest BCUT2D eigenvalue weighted by Crippen LogP contribution is 2.31. The van der Waals surface area contributed by atoms with Crippen molar-refractivity contribution in [2.45, 2.75) is 40.5 Å². The number of aromatic nitrogens is 4. The summed E-state index contributed by atoms with van der Waals surface area (Å²) in [6.07, 6.45) is 6.86. The number of hydrogen-bond donors (Lipinski definition) is 2. The van der Waals surface area contributed by atoms with E-state index in [0.717, 1.165) is 29.2 Å². The Morgan fingerprint density at radius 1 is 1.25 bits per heavy atom. The van der Waals surface area contributed by atoms with Gasteiger partial charge in [0, 0.05) is 24.1 Å². The van der Waals surface area contributed by atoms with Crippen molar-refractivity contribution in [1.82, 2.24) is 19.9 Å². The van der Waals surface area contributed by atoms with Gasteiger partial charge < -0.3 is 19.8 Å². The zero-order valence-corrected chi connectivity index (χ0v) is 19.2. The van der Waals surface area contributed by atoms with E-state index in [2.05, 4.69) is 31.3 Å². The number of esters is 1. The van der Waals surface area contributed by atoms with E-state index in [1.165, 1.54) is 11.8 Å². The van der Waals surface area contributed by atoms with Crippen LogP contribution in [0.15, 0.2) is 42.2 Å². The van der Waals surface area contributed by atoms with Crippen LogP contribution in [-0.4, -0.2) is 39.6 Å². The number of imidazole rings is 1. The molecule has 0 radical (unpaired) electrons. The molecule has 0 aliphatic carbocycles. The van der Waals surface area contributed by atoms with Crippen LogP contribution in [-0.2, 0) is 11.2 Å². The SMILES string of the molecule is CCOC(=O)c1cnc(Nc2ccc(-c3nc(C)c[nH]3)c(OC)c2)nc1CCC=C(C)C. The normalized spacial score (nSPS) is 10.5. The van der Waals surface area contributed by atoms with Crippen LogP contribution in [0.5, 0.6) is 5.75 Å². The minimum atomic E-state index is -0.411. The van der Waals surface area contributed by atoms with Crippen molar-refractivity contribution in [3.05, 3.63) is 59.2 Å². The standard InChI is InChI=1S/C24H29N5O3/c1-6-32-23(30)19-14-26-24(29-20(19)9-7-8-15(2)3)28-17-10-11-18(21(12-17)31-5)22-25-13-16(4)27-22/h8,10-14H,6-7,9H2,1-5H3,(H,25,27)(H,26,28,29). The molecule has 2 aromatic heterocycles. The van der Waals surface area contributed by atoms with Crippen molar-refractivity contribution in [3.63, 3.8) is 0 Å². The molecule has 0 amide bonds. The second-order valence-corrected chi connectivity index (χ2v) is 7.53. The van der Waals surface area contributed by atoms with Gasteiger partial charge in [0.2, 0.25) is 5.95 Å². The third kappa shape index (κ3) is 5.72. The molecule has 0 atom stereocenters.